The Bertz CT molecular complexity index is 1040. The van der Waals surface area contributed by atoms with Gasteiger partial charge in [-0.2, -0.15) is 0 Å². The van der Waals surface area contributed by atoms with Crippen LogP contribution in [-0.2, 0) is 19.6 Å². The molecule has 31 heavy (non-hydrogen) atoms. The van der Waals surface area contributed by atoms with Crippen LogP contribution in [0.15, 0.2) is 41.8 Å². The molecule has 2 rings (SSSR count). The number of hydrazine groups is 1. The lowest BCUT2D eigenvalue weighted by atomic mass is 9.95. The Kier molecular flexibility index (Phi) is 6.35. The second-order valence-corrected chi connectivity index (χ2v) is 8.97. The van der Waals surface area contributed by atoms with Gasteiger partial charge in [0.25, 0.3) is 15.7 Å². The van der Waals surface area contributed by atoms with E-state index in [9.17, 15) is 23.3 Å². The van der Waals surface area contributed by atoms with Gasteiger partial charge in [-0.1, -0.05) is 10.5 Å². The van der Waals surface area contributed by atoms with Crippen molar-refractivity contribution in [2.45, 2.75) is 49.0 Å². The summed E-state index contributed by atoms with van der Waals surface area (Å²) >= 11 is 0. The Hall–Kier alpha value is -2.99. The molecule has 0 aliphatic heterocycles. The monoisotopic (exact) mass is 456 g/mol. The number of hydrogen-bond acceptors (Lipinski definition) is 7. The molecule has 1 saturated carbocycles. The quantitative estimate of drug-likeness (QED) is 0.135. The number of hydrogen-bond donors (Lipinski definition) is 2. The Morgan fingerprint density at radius 2 is 2.03 bits per heavy atom. The highest BCUT2D eigenvalue weighted by molar-refractivity contribution is 7.89. The van der Waals surface area contributed by atoms with E-state index in [2.05, 4.69) is 6.58 Å². The van der Waals surface area contributed by atoms with Crippen LogP contribution in [0.3, 0.4) is 0 Å². The zero-order chi connectivity index (χ0) is 25.7. The molecular weight excluding hydrogens is 426 g/mol. The van der Waals surface area contributed by atoms with Crippen LogP contribution < -0.4 is 5.73 Å². The summed E-state index contributed by atoms with van der Waals surface area (Å²) < 4.78 is 55.4. The van der Waals surface area contributed by atoms with Crippen molar-refractivity contribution in [3.63, 3.8) is 0 Å². The highest BCUT2D eigenvalue weighted by Crippen LogP contribution is 2.37. The van der Waals surface area contributed by atoms with E-state index in [4.69, 9.17) is 20.0 Å². The molecule has 1 fully saturated rings. The number of guanidine groups is 1. The molecule has 3 N–H and O–H groups in total. The van der Waals surface area contributed by atoms with Crippen molar-refractivity contribution in [3.05, 3.63) is 47.0 Å². The molecule has 1 aromatic rings. The Balaban J connectivity index is 2.45. The summed E-state index contributed by atoms with van der Waals surface area (Å²) in [6.07, 6.45) is 5.47. The average molecular weight is 457 g/mol. The molecule has 12 heteroatoms. The fourth-order valence-electron chi connectivity index (χ4n) is 3.42. The number of carbonyl (C=O) groups excluding carboxylic acids is 1. The predicted molar refractivity (Wildman–Crippen MR) is 113 cm³/mol. The number of carbonyl (C=O) groups is 1. The van der Waals surface area contributed by atoms with Crippen molar-refractivity contribution in [1.29, 1.82) is 5.41 Å². The number of nitrogens with zero attached hydrogens (tertiary/aromatic N) is 3. The topological polar surface area (TPSA) is 160 Å². The first-order valence-electron chi connectivity index (χ1n) is 11.0. The van der Waals surface area contributed by atoms with E-state index in [1.54, 1.807) is 6.08 Å². The number of nitro benzene ring substituents is 1. The number of nitrogens with two attached hydrogens (primary N) is 1. The van der Waals surface area contributed by atoms with E-state index >= 15 is 0 Å². The summed E-state index contributed by atoms with van der Waals surface area (Å²) in [7, 11) is -4.80. The van der Waals surface area contributed by atoms with Gasteiger partial charge in [0.2, 0.25) is 5.96 Å². The lowest BCUT2D eigenvalue weighted by Crippen LogP contribution is -2.52. The maximum atomic E-state index is 13.3. The summed E-state index contributed by atoms with van der Waals surface area (Å²) in [5.74, 6) is -2.17. The van der Waals surface area contributed by atoms with Gasteiger partial charge in [0, 0.05) is 23.2 Å². The lowest BCUT2D eigenvalue weighted by Gasteiger charge is -2.33. The molecule has 0 unspecified atom stereocenters. The van der Waals surface area contributed by atoms with E-state index < -0.39 is 56.6 Å². The first-order chi connectivity index (χ1) is 15.7. The normalized spacial score (nSPS) is 17.3. The van der Waals surface area contributed by atoms with Gasteiger partial charge >= 0.3 is 5.97 Å². The van der Waals surface area contributed by atoms with Crippen LogP contribution in [0.5, 0.6) is 0 Å². The van der Waals surface area contributed by atoms with E-state index in [0.717, 1.165) is 37.1 Å². The molecule has 0 atom stereocenters. The van der Waals surface area contributed by atoms with Crippen LogP contribution in [0.1, 0.15) is 42.6 Å². The van der Waals surface area contributed by atoms with Gasteiger partial charge in [-0.05, 0) is 50.7 Å². The zero-order valence-corrected chi connectivity index (χ0v) is 17.6. The fraction of sp³-hybridized carbons (Fsp3) is 0.474. The Morgan fingerprint density at radius 1 is 1.42 bits per heavy atom. The number of nitro groups is 1. The van der Waals surface area contributed by atoms with Crippen LogP contribution in [0, 0.1) is 15.5 Å². The largest absolute Gasteiger partial charge is 0.458 e. The van der Waals surface area contributed by atoms with Gasteiger partial charge in [0.1, 0.15) is 12.1 Å². The van der Waals surface area contributed by atoms with Gasteiger partial charge in [0.05, 0.1) is 9.82 Å². The third-order valence-corrected chi connectivity index (χ3v) is 6.70. The number of esters is 1. The first-order valence-corrected chi connectivity index (χ1v) is 10.9. The molecule has 1 aromatic carbocycles. The van der Waals surface area contributed by atoms with Crippen molar-refractivity contribution in [2.75, 3.05) is 13.5 Å². The summed E-state index contributed by atoms with van der Waals surface area (Å²) in [6, 6.07) is 3.62. The van der Waals surface area contributed by atoms with E-state index in [-0.39, 0.29) is 9.42 Å². The van der Waals surface area contributed by atoms with E-state index in [1.165, 1.54) is 0 Å². The standard InChI is InChI=1S/C19H27N5O6S/c1-3-4-11-19(12-5-6-13-19)30-17(25)14-23(22(2)18(20)21)31(28,29)16-9-7-15(8-10-16)24(26)27/h3,7-10H,1,4-6,11-14H2,2H3,(H3,20,21)/i2D3. The smallest absolute Gasteiger partial charge is 0.323 e. The molecule has 1 aliphatic rings. The number of nitrogens with one attached hydrogen (secondary N) is 1. The molecule has 170 valence electrons. The Labute approximate surface area is 185 Å². The zero-order valence-electron chi connectivity index (χ0n) is 19.8. The van der Waals surface area contributed by atoms with Gasteiger partial charge in [-0.15, -0.1) is 6.58 Å². The van der Waals surface area contributed by atoms with Gasteiger partial charge in [-0.3, -0.25) is 25.3 Å². The molecule has 0 amide bonds. The number of benzene rings is 1. The molecule has 0 saturated heterocycles. The second kappa shape index (κ2) is 9.88. The molecule has 0 spiro atoms. The molecule has 1 aliphatic carbocycles. The van der Waals surface area contributed by atoms with E-state index in [0.29, 0.717) is 25.7 Å². The highest BCUT2D eigenvalue weighted by atomic mass is 32.2. The van der Waals surface area contributed by atoms with Crippen LogP contribution >= 0.6 is 0 Å². The average Bonchev–Trinajstić information content (AvgIpc) is 3.19. The SMILES string of the molecule is [2H]C([2H])([2H])N(C(=N)N)N(CC(=O)OC1(CCC=C)CCCC1)S(=O)(=O)c1ccc([N+](=O)[O-])cc1. The maximum absolute atomic E-state index is 13.3. The minimum absolute atomic E-state index is 0.00390. The minimum atomic E-state index is -4.80. The van der Waals surface area contributed by atoms with Crippen molar-refractivity contribution < 1.29 is 27.0 Å². The molecule has 0 radical (unpaired) electrons. The highest BCUT2D eigenvalue weighted by Gasteiger charge is 2.39. The summed E-state index contributed by atoms with van der Waals surface area (Å²) in [5, 5.41) is 18.5. The lowest BCUT2D eigenvalue weighted by molar-refractivity contribution is -0.384. The fourth-order valence-corrected chi connectivity index (χ4v) is 4.72. The van der Waals surface area contributed by atoms with Crippen LogP contribution in [0.2, 0.25) is 0 Å². The molecule has 0 bridgehead atoms. The van der Waals surface area contributed by atoms with Crippen molar-refractivity contribution in [1.82, 2.24) is 9.42 Å². The third-order valence-electron chi connectivity index (χ3n) is 4.99. The maximum Gasteiger partial charge on any atom is 0.323 e. The van der Waals surface area contributed by atoms with Gasteiger partial charge in [-0.25, -0.2) is 8.42 Å². The second-order valence-electron chi connectivity index (χ2n) is 7.12. The summed E-state index contributed by atoms with van der Waals surface area (Å²) in [5.41, 5.74) is 4.17. The number of allylic oxidation sites excluding steroid dienone is 1. The third kappa shape index (κ3) is 5.79. The number of rotatable bonds is 10. The molecular formula is C19H27N5O6S. The number of non-ortho nitro benzene ring substituents is 1. The Morgan fingerprint density at radius 3 is 2.52 bits per heavy atom. The molecule has 0 aromatic heterocycles. The summed E-state index contributed by atoms with van der Waals surface area (Å²) in [6.45, 7) is -0.662. The van der Waals surface area contributed by atoms with Crippen LogP contribution in [0.4, 0.5) is 5.69 Å². The van der Waals surface area contributed by atoms with Crippen LogP contribution in [0.25, 0.3) is 0 Å². The number of sulfonamides is 1. The van der Waals surface area contributed by atoms with Crippen molar-refractivity contribution in [2.24, 2.45) is 5.73 Å². The first kappa shape index (κ1) is 19.9. The minimum Gasteiger partial charge on any atom is -0.458 e. The molecule has 11 nitrogen and oxygen atoms in total. The van der Waals surface area contributed by atoms with Gasteiger partial charge in [0.15, 0.2) is 0 Å². The molecule has 0 heterocycles. The van der Waals surface area contributed by atoms with Crippen molar-refractivity contribution in [3.8, 4) is 0 Å². The van der Waals surface area contributed by atoms with Crippen molar-refractivity contribution >= 4 is 27.6 Å². The van der Waals surface area contributed by atoms with Crippen LogP contribution in [-0.4, -0.2) is 53.8 Å². The van der Waals surface area contributed by atoms with E-state index in [1.807, 2.05) is 0 Å². The number of ether oxygens (including phenoxy) is 1. The predicted octanol–water partition coefficient (Wildman–Crippen LogP) is 2.15. The van der Waals surface area contributed by atoms with Gasteiger partial charge < -0.3 is 10.5 Å². The summed E-state index contributed by atoms with van der Waals surface area (Å²) in [4.78, 5) is 22.5.